The van der Waals surface area contributed by atoms with Gasteiger partial charge in [-0.2, -0.15) is 5.26 Å². The van der Waals surface area contributed by atoms with Gasteiger partial charge in [0.05, 0.1) is 25.3 Å². The van der Waals surface area contributed by atoms with Crippen LogP contribution < -0.4 is 0 Å². The standard InChI is InChI=1S/C14H15FN2O2/c1-19-14(18)9-17(13-4-5-13)8-11-6-12(15)3-2-10(11)7-16/h2-3,6,13H,4-5,8-9H2,1H3. The van der Waals surface area contributed by atoms with Gasteiger partial charge in [0.1, 0.15) is 5.82 Å². The van der Waals surface area contributed by atoms with Crippen molar-refractivity contribution in [3.8, 4) is 6.07 Å². The summed E-state index contributed by atoms with van der Waals surface area (Å²) in [4.78, 5) is 13.3. The molecule has 1 aromatic rings. The Labute approximate surface area is 111 Å². The molecule has 0 N–H and O–H groups in total. The molecule has 19 heavy (non-hydrogen) atoms. The predicted octanol–water partition coefficient (Wildman–Crippen LogP) is 1.83. The zero-order valence-electron chi connectivity index (χ0n) is 10.7. The van der Waals surface area contributed by atoms with Gasteiger partial charge in [0.15, 0.2) is 0 Å². The van der Waals surface area contributed by atoms with E-state index in [1.54, 1.807) is 0 Å². The van der Waals surface area contributed by atoms with Crippen molar-refractivity contribution in [3.63, 3.8) is 0 Å². The van der Waals surface area contributed by atoms with Crippen molar-refractivity contribution in [2.45, 2.75) is 25.4 Å². The molecule has 0 spiro atoms. The third-order valence-corrected chi connectivity index (χ3v) is 3.18. The topological polar surface area (TPSA) is 53.3 Å². The van der Waals surface area contributed by atoms with Crippen molar-refractivity contribution in [1.82, 2.24) is 4.90 Å². The number of rotatable bonds is 5. The van der Waals surface area contributed by atoms with E-state index in [0.29, 0.717) is 23.7 Å². The Morgan fingerprint density at radius 2 is 2.32 bits per heavy atom. The summed E-state index contributed by atoms with van der Waals surface area (Å²) in [6, 6.07) is 6.46. The molecule has 0 radical (unpaired) electrons. The number of ether oxygens (including phenoxy) is 1. The Kier molecular flexibility index (Phi) is 4.13. The van der Waals surface area contributed by atoms with Crippen LogP contribution >= 0.6 is 0 Å². The van der Waals surface area contributed by atoms with Gasteiger partial charge in [-0.25, -0.2) is 4.39 Å². The van der Waals surface area contributed by atoms with Crippen molar-refractivity contribution in [2.24, 2.45) is 0 Å². The van der Waals surface area contributed by atoms with Gasteiger partial charge >= 0.3 is 5.97 Å². The van der Waals surface area contributed by atoms with Gasteiger partial charge in [0.25, 0.3) is 0 Å². The second-order valence-corrected chi connectivity index (χ2v) is 4.63. The lowest BCUT2D eigenvalue weighted by Gasteiger charge is -2.21. The quantitative estimate of drug-likeness (QED) is 0.760. The van der Waals surface area contributed by atoms with E-state index in [0.717, 1.165) is 12.8 Å². The zero-order chi connectivity index (χ0) is 13.8. The lowest BCUT2D eigenvalue weighted by atomic mass is 10.1. The van der Waals surface area contributed by atoms with E-state index in [4.69, 9.17) is 5.26 Å². The minimum Gasteiger partial charge on any atom is -0.468 e. The first-order valence-corrected chi connectivity index (χ1v) is 6.13. The molecule has 0 bridgehead atoms. The Hall–Kier alpha value is -1.93. The first kappa shape index (κ1) is 13.5. The molecule has 100 valence electrons. The molecule has 1 aromatic carbocycles. The van der Waals surface area contributed by atoms with E-state index in [9.17, 15) is 9.18 Å². The first-order chi connectivity index (χ1) is 9.13. The van der Waals surface area contributed by atoms with Gasteiger partial charge < -0.3 is 4.74 Å². The highest BCUT2D eigenvalue weighted by atomic mass is 19.1. The van der Waals surface area contributed by atoms with Crippen molar-refractivity contribution in [1.29, 1.82) is 5.26 Å². The van der Waals surface area contributed by atoms with Crippen molar-refractivity contribution >= 4 is 5.97 Å². The fraction of sp³-hybridized carbons (Fsp3) is 0.429. The van der Waals surface area contributed by atoms with Crippen LogP contribution in [0.1, 0.15) is 24.0 Å². The molecule has 1 saturated carbocycles. The SMILES string of the molecule is COC(=O)CN(Cc1cc(F)ccc1C#N)C1CC1. The van der Waals surface area contributed by atoms with Gasteiger partial charge in [-0.05, 0) is 36.6 Å². The van der Waals surface area contributed by atoms with Gasteiger partial charge in [-0.1, -0.05) is 0 Å². The van der Waals surface area contributed by atoms with Crippen molar-refractivity contribution < 1.29 is 13.9 Å². The average molecular weight is 262 g/mol. The molecule has 4 nitrogen and oxygen atoms in total. The summed E-state index contributed by atoms with van der Waals surface area (Å²) in [7, 11) is 1.34. The largest absolute Gasteiger partial charge is 0.468 e. The molecule has 1 aliphatic carbocycles. The van der Waals surface area contributed by atoms with Crippen LogP contribution in [-0.2, 0) is 16.1 Å². The second kappa shape index (κ2) is 5.81. The maximum atomic E-state index is 13.3. The third-order valence-electron chi connectivity index (χ3n) is 3.18. The van der Waals surface area contributed by atoms with Crippen LogP contribution in [0.15, 0.2) is 18.2 Å². The summed E-state index contributed by atoms with van der Waals surface area (Å²) < 4.78 is 17.9. The highest BCUT2D eigenvalue weighted by Gasteiger charge is 2.31. The molecular formula is C14H15FN2O2. The Bertz CT molecular complexity index is 521. The van der Waals surface area contributed by atoms with E-state index >= 15 is 0 Å². The molecule has 1 fully saturated rings. The maximum Gasteiger partial charge on any atom is 0.319 e. The molecule has 0 aliphatic heterocycles. The maximum absolute atomic E-state index is 13.3. The third kappa shape index (κ3) is 3.52. The Balaban J connectivity index is 2.15. The van der Waals surface area contributed by atoms with E-state index in [-0.39, 0.29) is 18.3 Å². The van der Waals surface area contributed by atoms with E-state index in [1.807, 2.05) is 11.0 Å². The van der Waals surface area contributed by atoms with Crippen LogP contribution in [-0.4, -0.2) is 30.6 Å². The second-order valence-electron chi connectivity index (χ2n) is 4.63. The van der Waals surface area contributed by atoms with Crippen LogP contribution in [0, 0.1) is 17.1 Å². The normalized spacial score (nSPS) is 14.2. The number of nitriles is 1. The first-order valence-electron chi connectivity index (χ1n) is 6.13. The molecule has 0 saturated heterocycles. The monoisotopic (exact) mass is 262 g/mol. The molecule has 0 amide bonds. The number of benzene rings is 1. The number of methoxy groups -OCH3 is 1. The van der Waals surface area contributed by atoms with Crippen molar-refractivity contribution in [2.75, 3.05) is 13.7 Å². The Morgan fingerprint density at radius 3 is 2.89 bits per heavy atom. The Morgan fingerprint density at radius 1 is 1.58 bits per heavy atom. The van der Waals surface area contributed by atoms with Crippen LogP contribution in [0.5, 0.6) is 0 Å². The van der Waals surface area contributed by atoms with Crippen molar-refractivity contribution in [3.05, 3.63) is 35.1 Å². The fourth-order valence-electron chi connectivity index (χ4n) is 2.01. The average Bonchev–Trinajstić information content (AvgIpc) is 3.22. The van der Waals surface area contributed by atoms with Gasteiger partial charge in [0.2, 0.25) is 0 Å². The molecule has 0 unspecified atom stereocenters. The summed E-state index contributed by atoms with van der Waals surface area (Å²) in [5.74, 6) is -0.690. The highest BCUT2D eigenvalue weighted by Crippen LogP contribution is 2.28. The summed E-state index contributed by atoms with van der Waals surface area (Å²) in [6.07, 6.45) is 2.04. The van der Waals surface area contributed by atoms with E-state index in [2.05, 4.69) is 4.74 Å². The van der Waals surface area contributed by atoms with Crippen LogP contribution in [0.2, 0.25) is 0 Å². The molecule has 5 heteroatoms. The summed E-state index contributed by atoms with van der Waals surface area (Å²) in [6.45, 7) is 0.559. The number of carbonyl (C=O) groups is 1. The summed E-state index contributed by atoms with van der Waals surface area (Å²) in [5, 5.41) is 9.02. The minimum absolute atomic E-state index is 0.169. The van der Waals surface area contributed by atoms with E-state index < -0.39 is 0 Å². The number of halogens is 1. The van der Waals surface area contributed by atoms with Crippen LogP contribution in [0.3, 0.4) is 0 Å². The summed E-state index contributed by atoms with van der Waals surface area (Å²) >= 11 is 0. The molecular weight excluding hydrogens is 247 g/mol. The number of carbonyl (C=O) groups excluding carboxylic acids is 1. The van der Waals surface area contributed by atoms with Gasteiger partial charge in [-0.3, -0.25) is 9.69 Å². The number of hydrogen-bond acceptors (Lipinski definition) is 4. The highest BCUT2D eigenvalue weighted by molar-refractivity contribution is 5.71. The fourth-order valence-corrected chi connectivity index (χ4v) is 2.01. The molecule has 0 atom stereocenters. The lowest BCUT2D eigenvalue weighted by molar-refractivity contribution is -0.142. The number of nitrogens with zero attached hydrogens (tertiary/aromatic N) is 2. The van der Waals surface area contributed by atoms with Gasteiger partial charge in [0, 0.05) is 12.6 Å². The molecule has 0 heterocycles. The summed E-state index contributed by atoms with van der Waals surface area (Å²) in [5.41, 5.74) is 1.05. The predicted molar refractivity (Wildman–Crippen MR) is 66.6 cm³/mol. The number of hydrogen-bond donors (Lipinski definition) is 0. The van der Waals surface area contributed by atoms with E-state index in [1.165, 1.54) is 25.3 Å². The molecule has 0 aromatic heterocycles. The minimum atomic E-state index is -0.372. The lowest BCUT2D eigenvalue weighted by Crippen LogP contribution is -2.32. The molecule has 1 aliphatic rings. The van der Waals surface area contributed by atoms with Crippen LogP contribution in [0.25, 0.3) is 0 Å². The van der Waals surface area contributed by atoms with Gasteiger partial charge in [-0.15, -0.1) is 0 Å². The molecule has 2 rings (SSSR count). The number of esters is 1. The van der Waals surface area contributed by atoms with Crippen LogP contribution in [0.4, 0.5) is 4.39 Å². The zero-order valence-corrected chi connectivity index (χ0v) is 10.7. The smallest absolute Gasteiger partial charge is 0.319 e.